The highest BCUT2D eigenvalue weighted by atomic mass is 16.1. The molecule has 2 aromatic heterocycles. The van der Waals surface area contributed by atoms with Crippen molar-refractivity contribution in [1.82, 2.24) is 14.6 Å². The lowest BCUT2D eigenvalue weighted by Crippen LogP contribution is -2.12. The molecule has 0 aliphatic heterocycles. The number of nitrogens with one attached hydrogen (secondary N) is 1. The second-order valence-corrected chi connectivity index (χ2v) is 4.49. The van der Waals surface area contributed by atoms with Crippen molar-refractivity contribution < 1.29 is 4.79 Å². The number of fused-ring (bicyclic) bond motifs is 1. The number of amides is 1. The molecule has 3 aromatic rings. The van der Waals surface area contributed by atoms with Crippen molar-refractivity contribution in [1.29, 1.82) is 0 Å². The highest BCUT2D eigenvalue weighted by Gasteiger charge is 2.13. The maximum atomic E-state index is 12.3. The first kappa shape index (κ1) is 12.2. The minimum Gasteiger partial charge on any atom is -0.398 e. The third-order valence-corrected chi connectivity index (χ3v) is 3.11. The van der Waals surface area contributed by atoms with Gasteiger partial charge in [0.2, 0.25) is 0 Å². The third-order valence-electron chi connectivity index (χ3n) is 3.11. The van der Waals surface area contributed by atoms with Gasteiger partial charge in [-0.05, 0) is 24.6 Å². The van der Waals surface area contributed by atoms with Crippen molar-refractivity contribution in [2.45, 2.75) is 6.92 Å². The fourth-order valence-electron chi connectivity index (χ4n) is 1.93. The molecular formula is C14H13N5O. The highest BCUT2D eigenvalue weighted by Crippen LogP contribution is 2.18. The number of hydrogen-bond acceptors (Lipinski definition) is 4. The average Bonchev–Trinajstić information content (AvgIpc) is 2.87. The molecule has 0 atom stereocenters. The molecule has 0 spiro atoms. The molecule has 20 heavy (non-hydrogen) atoms. The molecule has 1 aromatic carbocycles. The number of hydrogen-bond donors (Lipinski definition) is 2. The molecule has 1 amide bonds. The number of nitrogen functional groups attached to an aromatic ring is 1. The standard InChI is InChI=1S/C14H13N5O/c1-9-2-3-10(6-12(9)15)18-14(20)11-7-17-19-5-4-16-8-13(11)19/h2-8H,15H2,1H3,(H,18,20). The van der Waals surface area contributed by atoms with Gasteiger partial charge in [-0.3, -0.25) is 9.78 Å². The first-order valence-electron chi connectivity index (χ1n) is 6.10. The lowest BCUT2D eigenvalue weighted by atomic mass is 10.2. The van der Waals surface area contributed by atoms with Crippen molar-refractivity contribution in [3.05, 3.63) is 54.1 Å². The van der Waals surface area contributed by atoms with E-state index < -0.39 is 0 Å². The molecule has 0 saturated carbocycles. The summed E-state index contributed by atoms with van der Waals surface area (Å²) in [5.41, 5.74) is 9.23. The van der Waals surface area contributed by atoms with E-state index in [0.717, 1.165) is 5.56 Å². The number of carbonyl (C=O) groups excluding carboxylic acids is 1. The van der Waals surface area contributed by atoms with Crippen molar-refractivity contribution in [2.75, 3.05) is 11.1 Å². The summed E-state index contributed by atoms with van der Waals surface area (Å²) in [5.74, 6) is -0.240. The Labute approximate surface area is 115 Å². The predicted molar refractivity (Wildman–Crippen MR) is 76.5 cm³/mol. The molecule has 6 nitrogen and oxygen atoms in total. The Balaban J connectivity index is 1.91. The number of rotatable bonds is 2. The molecule has 3 N–H and O–H groups in total. The van der Waals surface area contributed by atoms with E-state index in [9.17, 15) is 4.79 Å². The molecule has 100 valence electrons. The Hall–Kier alpha value is -2.89. The number of anilines is 2. The van der Waals surface area contributed by atoms with E-state index >= 15 is 0 Å². The fourth-order valence-corrected chi connectivity index (χ4v) is 1.93. The summed E-state index contributed by atoms with van der Waals surface area (Å²) < 4.78 is 1.60. The summed E-state index contributed by atoms with van der Waals surface area (Å²) in [4.78, 5) is 16.3. The number of aryl methyl sites for hydroxylation is 1. The highest BCUT2D eigenvalue weighted by molar-refractivity contribution is 6.08. The van der Waals surface area contributed by atoms with Crippen LogP contribution in [0.2, 0.25) is 0 Å². The second-order valence-electron chi connectivity index (χ2n) is 4.49. The van der Waals surface area contributed by atoms with Crippen LogP contribution in [0.3, 0.4) is 0 Å². The van der Waals surface area contributed by atoms with Crippen LogP contribution in [-0.4, -0.2) is 20.5 Å². The lowest BCUT2D eigenvalue weighted by molar-refractivity contribution is 0.102. The van der Waals surface area contributed by atoms with Crippen LogP contribution in [0, 0.1) is 6.92 Å². The number of nitrogens with zero attached hydrogens (tertiary/aromatic N) is 3. The smallest absolute Gasteiger partial charge is 0.259 e. The molecule has 0 bridgehead atoms. The van der Waals surface area contributed by atoms with Crippen LogP contribution in [0.5, 0.6) is 0 Å². The van der Waals surface area contributed by atoms with E-state index in [0.29, 0.717) is 22.5 Å². The van der Waals surface area contributed by atoms with Gasteiger partial charge < -0.3 is 11.1 Å². The van der Waals surface area contributed by atoms with Gasteiger partial charge in [-0.15, -0.1) is 0 Å². The Morgan fingerprint density at radius 2 is 2.20 bits per heavy atom. The quantitative estimate of drug-likeness (QED) is 0.694. The van der Waals surface area contributed by atoms with E-state index in [1.54, 1.807) is 29.2 Å². The molecule has 2 heterocycles. The molecule has 0 aliphatic carbocycles. The van der Waals surface area contributed by atoms with Crippen molar-refractivity contribution in [3.63, 3.8) is 0 Å². The molecule has 0 unspecified atom stereocenters. The van der Waals surface area contributed by atoms with Gasteiger partial charge in [0.1, 0.15) is 0 Å². The van der Waals surface area contributed by atoms with Gasteiger partial charge in [0, 0.05) is 23.8 Å². The first-order chi connectivity index (χ1) is 9.65. The van der Waals surface area contributed by atoms with E-state index in [1.807, 2.05) is 19.1 Å². The monoisotopic (exact) mass is 267 g/mol. The van der Waals surface area contributed by atoms with Crippen LogP contribution in [0.15, 0.2) is 43.0 Å². The molecule has 0 fully saturated rings. The van der Waals surface area contributed by atoms with Gasteiger partial charge in [0.25, 0.3) is 5.91 Å². The Morgan fingerprint density at radius 1 is 1.35 bits per heavy atom. The van der Waals surface area contributed by atoms with E-state index in [4.69, 9.17) is 5.73 Å². The molecule has 0 aliphatic rings. The zero-order valence-corrected chi connectivity index (χ0v) is 10.9. The molecule has 0 radical (unpaired) electrons. The zero-order chi connectivity index (χ0) is 14.1. The normalized spacial score (nSPS) is 10.7. The number of carbonyl (C=O) groups is 1. The van der Waals surface area contributed by atoms with Gasteiger partial charge in [-0.1, -0.05) is 6.07 Å². The summed E-state index contributed by atoms with van der Waals surface area (Å²) in [6.07, 6.45) is 6.42. The third kappa shape index (κ3) is 2.07. The Kier molecular flexibility index (Phi) is 2.83. The average molecular weight is 267 g/mol. The van der Waals surface area contributed by atoms with Crippen molar-refractivity contribution >= 4 is 22.8 Å². The van der Waals surface area contributed by atoms with Crippen LogP contribution in [-0.2, 0) is 0 Å². The van der Waals surface area contributed by atoms with Crippen LogP contribution in [0.4, 0.5) is 11.4 Å². The maximum absolute atomic E-state index is 12.3. The largest absolute Gasteiger partial charge is 0.398 e. The topological polar surface area (TPSA) is 85.3 Å². The summed E-state index contributed by atoms with van der Waals surface area (Å²) in [6.45, 7) is 1.91. The summed E-state index contributed by atoms with van der Waals surface area (Å²) in [5, 5.41) is 6.91. The predicted octanol–water partition coefficient (Wildman–Crippen LogP) is 1.87. The minimum absolute atomic E-state index is 0.240. The summed E-state index contributed by atoms with van der Waals surface area (Å²) in [6, 6.07) is 5.41. The van der Waals surface area contributed by atoms with Crippen molar-refractivity contribution in [2.24, 2.45) is 0 Å². The van der Waals surface area contributed by atoms with Crippen molar-refractivity contribution in [3.8, 4) is 0 Å². The first-order valence-corrected chi connectivity index (χ1v) is 6.10. The van der Waals surface area contributed by atoms with Crippen LogP contribution >= 0.6 is 0 Å². The van der Waals surface area contributed by atoms with Gasteiger partial charge >= 0.3 is 0 Å². The van der Waals surface area contributed by atoms with Crippen LogP contribution in [0.25, 0.3) is 5.52 Å². The van der Waals surface area contributed by atoms with E-state index in [-0.39, 0.29) is 5.91 Å². The van der Waals surface area contributed by atoms with Crippen LogP contribution in [0.1, 0.15) is 15.9 Å². The van der Waals surface area contributed by atoms with Crippen LogP contribution < -0.4 is 11.1 Å². The lowest BCUT2D eigenvalue weighted by Gasteiger charge is -2.06. The van der Waals surface area contributed by atoms with Gasteiger partial charge in [0.05, 0.1) is 23.5 Å². The number of nitrogens with two attached hydrogens (primary N) is 1. The Bertz CT molecular complexity index is 793. The molecule has 6 heteroatoms. The van der Waals surface area contributed by atoms with Gasteiger partial charge in [0.15, 0.2) is 0 Å². The Morgan fingerprint density at radius 3 is 3.00 bits per heavy atom. The number of benzene rings is 1. The molecular weight excluding hydrogens is 254 g/mol. The zero-order valence-electron chi connectivity index (χ0n) is 10.9. The second kappa shape index (κ2) is 4.65. The summed E-state index contributed by atoms with van der Waals surface area (Å²) >= 11 is 0. The van der Waals surface area contributed by atoms with E-state index in [2.05, 4.69) is 15.4 Å². The summed E-state index contributed by atoms with van der Waals surface area (Å²) in [7, 11) is 0. The fraction of sp³-hybridized carbons (Fsp3) is 0.0714. The van der Waals surface area contributed by atoms with Gasteiger partial charge in [-0.25, -0.2) is 4.52 Å². The van der Waals surface area contributed by atoms with E-state index in [1.165, 1.54) is 6.20 Å². The minimum atomic E-state index is -0.240. The molecule has 3 rings (SSSR count). The van der Waals surface area contributed by atoms with Gasteiger partial charge in [-0.2, -0.15) is 5.10 Å². The molecule has 0 saturated heterocycles. The number of aromatic nitrogens is 3. The maximum Gasteiger partial charge on any atom is 0.259 e. The SMILES string of the molecule is Cc1ccc(NC(=O)c2cnn3ccncc23)cc1N.